The number of halogens is 1. The molecule has 9 nitrogen and oxygen atoms in total. The van der Waals surface area contributed by atoms with E-state index in [0.717, 1.165) is 80.9 Å². The molecular formula is C31H38FN7O2. The fourth-order valence-corrected chi connectivity index (χ4v) is 8.13. The van der Waals surface area contributed by atoms with Crippen LogP contribution >= 0.6 is 0 Å². The summed E-state index contributed by atoms with van der Waals surface area (Å²) in [5.74, 6) is 0.883. The quantitative estimate of drug-likeness (QED) is 0.481. The Bertz CT molecular complexity index is 1480. The second-order valence-corrected chi connectivity index (χ2v) is 12.7. The van der Waals surface area contributed by atoms with E-state index >= 15 is 0 Å². The maximum atomic E-state index is 14.5. The van der Waals surface area contributed by atoms with Gasteiger partial charge in [-0.05, 0) is 74.4 Å². The lowest BCUT2D eigenvalue weighted by molar-refractivity contribution is -0.0855. The summed E-state index contributed by atoms with van der Waals surface area (Å²) >= 11 is 0. The molecule has 1 spiro atoms. The van der Waals surface area contributed by atoms with Gasteiger partial charge in [-0.2, -0.15) is 15.1 Å². The maximum Gasteiger partial charge on any atom is 0.318 e. The van der Waals surface area contributed by atoms with Gasteiger partial charge in [-0.15, -0.1) is 0 Å². The van der Waals surface area contributed by atoms with Crippen LogP contribution in [0.3, 0.4) is 0 Å². The summed E-state index contributed by atoms with van der Waals surface area (Å²) in [5, 5.41) is 4.51. The first-order valence-electron chi connectivity index (χ1n) is 15.2. The zero-order valence-corrected chi connectivity index (χ0v) is 23.5. The number of benzene rings is 1. The van der Waals surface area contributed by atoms with Gasteiger partial charge in [0.25, 0.3) is 0 Å². The molecule has 216 valence electrons. The average Bonchev–Trinajstić information content (AvgIpc) is 3.61. The van der Waals surface area contributed by atoms with Crippen molar-refractivity contribution in [1.29, 1.82) is 0 Å². The van der Waals surface area contributed by atoms with Gasteiger partial charge in [0.1, 0.15) is 18.6 Å². The normalized spacial score (nSPS) is 29.1. The minimum atomic E-state index is -0.795. The van der Waals surface area contributed by atoms with Gasteiger partial charge >= 0.3 is 6.01 Å². The van der Waals surface area contributed by atoms with Gasteiger partial charge in [-0.25, -0.2) is 4.39 Å². The van der Waals surface area contributed by atoms with Crippen molar-refractivity contribution < 1.29 is 13.9 Å². The van der Waals surface area contributed by atoms with E-state index in [2.05, 4.69) is 37.8 Å². The summed E-state index contributed by atoms with van der Waals surface area (Å²) in [5.41, 5.74) is 12.0. The first kappa shape index (κ1) is 25.5. The highest BCUT2D eigenvalue weighted by Crippen LogP contribution is 2.47. The molecule has 0 bridgehead atoms. The van der Waals surface area contributed by atoms with Crippen LogP contribution in [-0.2, 0) is 42.9 Å². The standard InChI is InChI=1S/C31H38FN7O2/c32-22-15-30(8-2-12-38(30)17-22)20-40-29-35-27-16-31(9-1-4-21-5-6-23(33)14-26(21)31)41-19-25(27)28(36-29)37-11-3-13-39-24(18-37)7-10-34-39/h5-7,10,14,22H,1-4,8-9,11-13,15-20,33H2. The topological polar surface area (TPSA) is 94.6 Å². The van der Waals surface area contributed by atoms with Crippen LogP contribution in [0.4, 0.5) is 15.9 Å². The fourth-order valence-electron chi connectivity index (χ4n) is 8.13. The highest BCUT2D eigenvalue weighted by molar-refractivity contribution is 5.54. The van der Waals surface area contributed by atoms with Gasteiger partial charge in [0.2, 0.25) is 0 Å². The highest BCUT2D eigenvalue weighted by Gasteiger charge is 2.49. The lowest BCUT2D eigenvalue weighted by Crippen LogP contribution is -2.44. The molecule has 2 fully saturated rings. The predicted molar refractivity (Wildman–Crippen MR) is 152 cm³/mol. The van der Waals surface area contributed by atoms with Gasteiger partial charge in [-0.3, -0.25) is 9.58 Å². The molecule has 3 aromatic rings. The van der Waals surface area contributed by atoms with E-state index in [1.165, 1.54) is 16.8 Å². The zero-order chi connectivity index (χ0) is 27.6. The van der Waals surface area contributed by atoms with Crippen LogP contribution in [0.25, 0.3) is 0 Å². The molecule has 41 heavy (non-hydrogen) atoms. The molecule has 2 N–H and O–H groups in total. The Morgan fingerprint density at radius 3 is 3.00 bits per heavy atom. The van der Waals surface area contributed by atoms with E-state index < -0.39 is 11.8 Å². The lowest BCUT2D eigenvalue weighted by Gasteiger charge is -2.43. The third-order valence-corrected chi connectivity index (χ3v) is 10.1. The number of aromatic nitrogens is 4. The molecule has 10 heteroatoms. The number of nitrogens with zero attached hydrogens (tertiary/aromatic N) is 6. The van der Waals surface area contributed by atoms with Crippen LogP contribution in [0.2, 0.25) is 0 Å². The van der Waals surface area contributed by atoms with E-state index in [0.29, 0.717) is 45.2 Å². The van der Waals surface area contributed by atoms with Gasteiger partial charge in [0, 0.05) is 49.9 Å². The Morgan fingerprint density at radius 2 is 2.05 bits per heavy atom. The molecule has 0 saturated carbocycles. The first-order chi connectivity index (χ1) is 20.0. The van der Waals surface area contributed by atoms with Gasteiger partial charge in [-0.1, -0.05) is 6.07 Å². The maximum absolute atomic E-state index is 14.5. The van der Waals surface area contributed by atoms with E-state index in [4.69, 9.17) is 25.2 Å². The number of nitrogens with two attached hydrogens (primary N) is 1. The van der Waals surface area contributed by atoms with Crippen LogP contribution in [0, 0.1) is 0 Å². The van der Waals surface area contributed by atoms with Crippen molar-refractivity contribution in [2.24, 2.45) is 0 Å². The Morgan fingerprint density at radius 1 is 1.10 bits per heavy atom. The Balaban J connectivity index is 1.17. The Labute approximate surface area is 239 Å². The second-order valence-electron chi connectivity index (χ2n) is 12.7. The molecule has 6 heterocycles. The number of nitrogen functional groups attached to an aromatic ring is 1. The number of alkyl halides is 1. The van der Waals surface area contributed by atoms with Crippen molar-refractivity contribution in [2.45, 2.75) is 88.4 Å². The molecule has 1 aliphatic carbocycles. The molecule has 0 radical (unpaired) electrons. The van der Waals surface area contributed by atoms with Crippen LogP contribution in [0.1, 0.15) is 66.6 Å². The lowest BCUT2D eigenvalue weighted by atomic mass is 9.74. The molecule has 4 aliphatic heterocycles. The molecule has 1 aromatic carbocycles. The van der Waals surface area contributed by atoms with Crippen LogP contribution < -0.4 is 15.4 Å². The molecule has 3 unspecified atom stereocenters. The number of ether oxygens (including phenoxy) is 2. The predicted octanol–water partition coefficient (Wildman–Crippen LogP) is 3.93. The number of hydrogen-bond acceptors (Lipinski definition) is 8. The number of fused-ring (bicyclic) bond motifs is 5. The van der Waals surface area contributed by atoms with Crippen molar-refractivity contribution in [3.63, 3.8) is 0 Å². The molecule has 2 saturated heterocycles. The molecule has 0 amide bonds. The third kappa shape index (κ3) is 4.29. The summed E-state index contributed by atoms with van der Waals surface area (Å²) in [6, 6.07) is 8.70. The van der Waals surface area contributed by atoms with Crippen molar-refractivity contribution in [3.05, 3.63) is 58.5 Å². The number of hydrogen-bond donors (Lipinski definition) is 1. The molecular weight excluding hydrogens is 521 g/mol. The van der Waals surface area contributed by atoms with E-state index in [-0.39, 0.29) is 5.54 Å². The molecule has 5 aliphatic rings. The van der Waals surface area contributed by atoms with Gasteiger partial charge in [0.05, 0.1) is 35.7 Å². The summed E-state index contributed by atoms with van der Waals surface area (Å²) in [6.45, 7) is 4.76. The SMILES string of the molecule is Nc1ccc2c(c1)C1(CCC2)Cc2nc(OCC34CCCN3CC(F)C4)nc(N3CCCn4nccc4C3)c2CO1. The van der Waals surface area contributed by atoms with Crippen molar-refractivity contribution in [3.8, 4) is 6.01 Å². The summed E-state index contributed by atoms with van der Waals surface area (Å²) in [6.07, 6.45) is 8.28. The summed E-state index contributed by atoms with van der Waals surface area (Å²) in [7, 11) is 0. The molecule has 3 atom stereocenters. The van der Waals surface area contributed by atoms with Crippen molar-refractivity contribution >= 4 is 11.5 Å². The zero-order valence-electron chi connectivity index (χ0n) is 23.5. The number of anilines is 2. The second kappa shape index (κ2) is 9.66. The molecule has 2 aromatic heterocycles. The highest BCUT2D eigenvalue weighted by atomic mass is 19.1. The fraction of sp³-hybridized carbons (Fsp3) is 0.581. The van der Waals surface area contributed by atoms with Crippen LogP contribution in [-0.4, -0.2) is 62.6 Å². The van der Waals surface area contributed by atoms with E-state index in [1.54, 1.807) is 0 Å². The van der Waals surface area contributed by atoms with Crippen molar-refractivity contribution in [2.75, 3.05) is 36.9 Å². The summed E-state index contributed by atoms with van der Waals surface area (Å²) < 4.78 is 29.8. The first-order valence-corrected chi connectivity index (χ1v) is 15.2. The van der Waals surface area contributed by atoms with Gasteiger partial charge < -0.3 is 20.1 Å². The number of aryl methyl sites for hydroxylation is 2. The monoisotopic (exact) mass is 559 g/mol. The Kier molecular flexibility index (Phi) is 6.00. The smallest absolute Gasteiger partial charge is 0.318 e. The van der Waals surface area contributed by atoms with E-state index in [9.17, 15) is 4.39 Å². The third-order valence-electron chi connectivity index (χ3n) is 10.1. The Hall–Kier alpha value is -3.24. The summed E-state index contributed by atoms with van der Waals surface area (Å²) in [4.78, 5) is 14.7. The van der Waals surface area contributed by atoms with Crippen LogP contribution in [0.15, 0.2) is 30.5 Å². The minimum Gasteiger partial charge on any atom is -0.461 e. The average molecular weight is 560 g/mol. The van der Waals surface area contributed by atoms with Gasteiger partial charge in [0.15, 0.2) is 0 Å². The minimum absolute atomic E-state index is 0.252. The molecule has 8 rings (SSSR count). The van der Waals surface area contributed by atoms with E-state index in [1.807, 2.05) is 12.3 Å². The van der Waals surface area contributed by atoms with Crippen molar-refractivity contribution in [1.82, 2.24) is 24.6 Å². The number of rotatable bonds is 4. The largest absolute Gasteiger partial charge is 0.461 e. The van der Waals surface area contributed by atoms with Crippen LogP contribution in [0.5, 0.6) is 6.01 Å².